The quantitative estimate of drug-likeness (QED) is 0.795. The molecule has 0 amide bonds. The first-order chi connectivity index (χ1) is 11.6. The van der Waals surface area contributed by atoms with Crippen molar-refractivity contribution in [3.8, 4) is 0 Å². The van der Waals surface area contributed by atoms with E-state index in [1.54, 1.807) is 0 Å². The molecule has 1 atom stereocenters. The van der Waals surface area contributed by atoms with Crippen molar-refractivity contribution in [3.05, 3.63) is 46.6 Å². The van der Waals surface area contributed by atoms with Gasteiger partial charge in [-0.3, -0.25) is 4.90 Å². The molecule has 0 bridgehead atoms. The Morgan fingerprint density at radius 2 is 2.17 bits per heavy atom. The highest BCUT2D eigenvalue weighted by molar-refractivity contribution is 5.75. The summed E-state index contributed by atoms with van der Waals surface area (Å²) in [6, 6.07) is 6.41. The smallest absolute Gasteiger partial charge is 0.138 e. The van der Waals surface area contributed by atoms with Gasteiger partial charge in [-0.2, -0.15) is 0 Å². The van der Waals surface area contributed by atoms with E-state index >= 15 is 0 Å². The predicted octanol–water partition coefficient (Wildman–Crippen LogP) is 3.86. The minimum atomic E-state index is 0.465. The Labute approximate surface area is 142 Å². The molecule has 5 heteroatoms. The molecule has 1 fully saturated rings. The molecule has 0 spiro atoms. The third kappa shape index (κ3) is 2.84. The zero-order chi connectivity index (χ0) is 16.7. The van der Waals surface area contributed by atoms with Gasteiger partial charge in [0.15, 0.2) is 0 Å². The Bertz CT molecular complexity index is 844. The first kappa shape index (κ1) is 15.4. The van der Waals surface area contributed by atoms with Crippen LogP contribution in [0.15, 0.2) is 22.7 Å². The van der Waals surface area contributed by atoms with Crippen molar-refractivity contribution in [3.63, 3.8) is 0 Å². The molecule has 1 N–H and O–H groups in total. The van der Waals surface area contributed by atoms with Crippen molar-refractivity contribution in [2.75, 3.05) is 13.1 Å². The van der Waals surface area contributed by atoms with Gasteiger partial charge in [0.05, 0.1) is 16.7 Å². The van der Waals surface area contributed by atoms with Gasteiger partial charge in [-0.05, 0) is 57.9 Å². The van der Waals surface area contributed by atoms with Crippen LogP contribution in [0.4, 0.5) is 0 Å². The summed E-state index contributed by atoms with van der Waals surface area (Å²) >= 11 is 0. The predicted molar refractivity (Wildman–Crippen MR) is 94.1 cm³/mol. The fraction of sp³-hybridized carbons (Fsp3) is 0.474. The third-order valence-corrected chi connectivity index (χ3v) is 5.11. The Hall–Kier alpha value is -2.14. The Kier molecular flexibility index (Phi) is 3.88. The van der Waals surface area contributed by atoms with Crippen LogP contribution in [0, 0.1) is 20.8 Å². The van der Waals surface area contributed by atoms with E-state index in [2.05, 4.69) is 40.2 Å². The summed E-state index contributed by atoms with van der Waals surface area (Å²) in [5, 5.41) is 4.08. The normalized spacial score (nSPS) is 19.2. The largest absolute Gasteiger partial charge is 0.361 e. The molecule has 4 rings (SSSR count). The van der Waals surface area contributed by atoms with Crippen LogP contribution >= 0.6 is 0 Å². The Morgan fingerprint density at radius 1 is 1.29 bits per heavy atom. The topological polar surface area (TPSA) is 58.0 Å². The lowest BCUT2D eigenvalue weighted by Crippen LogP contribution is -2.34. The molecule has 1 saturated heterocycles. The molecule has 0 aliphatic carbocycles. The van der Waals surface area contributed by atoms with Gasteiger partial charge in [-0.1, -0.05) is 11.2 Å². The number of benzene rings is 1. The Morgan fingerprint density at radius 3 is 2.96 bits per heavy atom. The summed E-state index contributed by atoms with van der Waals surface area (Å²) in [5.41, 5.74) is 5.72. The van der Waals surface area contributed by atoms with Crippen molar-refractivity contribution < 1.29 is 4.52 Å². The van der Waals surface area contributed by atoms with Crippen LogP contribution in [0.2, 0.25) is 0 Å². The number of aryl methyl sites for hydroxylation is 3. The lowest BCUT2D eigenvalue weighted by atomic mass is 9.97. The molecular weight excluding hydrogens is 300 g/mol. The number of piperidine rings is 1. The molecular formula is C19H24N4O. The number of nitrogens with zero attached hydrogens (tertiary/aromatic N) is 3. The van der Waals surface area contributed by atoms with Crippen LogP contribution in [-0.2, 0) is 6.54 Å². The van der Waals surface area contributed by atoms with E-state index in [1.807, 2.05) is 13.8 Å². The number of imidazole rings is 1. The number of fused-ring (bicyclic) bond motifs is 1. The number of nitrogens with one attached hydrogen (secondary N) is 1. The average Bonchev–Trinajstić information content (AvgIpc) is 3.13. The maximum Gasteiger partial charge on any atom is 0.138 e. The minimum Gasteiger partial charge on any atom is -0.361 e. The van der Waals surface area contributed by atoms with Crippen molar-refractivity contribution in [2.24, 2.45) is 0 Å². The first-order valence-electron chi connectivity index (χ1n) is 8.70. The van der Waals surface area contributed by atoms with Gasteiger partial charge < -0.3 is 9.51 Å². The second kappa shape index (κ2) is 6.06. The van der Waals surface area contributed by atoms with Gasteiger partial charge in [0.1, 0.15) is 11.6 Å². The summed E-state index contributed by atoms with van der Waals surface area (Å²) < 4.78 is 5.30. The molecule has 0 saturated carbocycles. The molecule has 5 nitrogen and oxygen atoms in total. The van der Waals surface area contributed by atoms with E-state index in [4.69, 9.17) is 9.51 Å². The maximum atomic E-state index is 5.30. The molecule has 24 heavy (non-hydrogen) atoms. The van der Waals surface area contributed by atoms with Gasteiger partial charge >= 0.3 is 0 Å². The van der Waals surface area contributed by atoms with Crippen molar-refractivity contribution >= 4 is 11.0 Å². The second-order valence-electron chi connectivity index (χ2n) is 7.02. The van der Waals surface area contributed by atoms with Gasteiger partial charge in [-0.25, -0.2) is 4.98 Å². The van der Waals surface area contributed by atoms with E-state index in [-0.39, 0.29) is 0 Å². The van der Waals surface area contributed by atoms with Crippen LogP contribution in [0.5, 0.6) is 0 Å². The van der Waals surface area contributed by atoms with Gasteiger partial charge in [0.2, 0.25) is 0 Å². The van der Waals surface area contributed by atoms with Crippen LogP contribution in [-0.4, -0.2) is 33.1 Å². The molecule has 1 aliphatic heterocycles. The highest BCUT2D eigenvalue weighted by atomic mass is 16.5. The standard InChI is InChI=1S/C19H24N4O/c1-12-6-7-17-18(9-12)21-19(20-17)15-5-4-8-23(10-15)11-16-13(2)22-24-14(16)3/h6-7,9,15H,4-5,8,10-11H2,1-3H3,(H,20,21)/t15-/m0/s1. The van der Waals surface area contributed by atoms with E-state index in [0.717, 1.165) is 47.9 Å². The lowest BCUT2D eigenvalue weighted by Gasteiger charge is -2.31. The molecule has 126 valence electrons. The van der Waals surface area contributed by atoms with E-state index in [0.29, 0.717) is 5.92 Å². The van der Waals surface area contributed by atoms with Crippen molar-refractivity contribution in [2.45, 2.75) is 46.1 Å². The average molecular weight is 324 g/mol. The zero-order valence-electron chi connectivity index (χ0n) is 14.6. The minimum absolute atomic E-state index is 0.465. The van der Waals surface area contributed by atoms with Crippen molar-refractivity contribution in [1.29, 1.82) is 0 Å². The number of H-pyrrole nitrogens is 1. The van der Waals surface area contributed by atoms with Crippen LogP contribution in [0.25, 0.3) is 11.0 Å². The zero-order valence-corrected chi connectivity index (χ0v) is 14.6. The van der Waals surface area contributed by atoms with Gasteiger partial charge in [0.25, 0.3) is 0 Å². The molecule has 3 heterocycles. The van der Waals surface area contributed by atoms with Crippen LogP contribution in [0.3, 0.4) is 0 Å². The summed E-state index contributed by atoms with van der Waals surface area (Å²) in [6.07, 6.45) is 2.39. The van der Waals surface area contributed by atoms with Crippen molar-refractivity contribution in [1.82, 2.24) is 20.0 Å². The van der Waals surface area contributed by atoms with E-state index < -0.39 is 0 Å². The molecule has 0 radical (unpaired) electrons. The van der Waals surface area contributed by atoms with Gasteiger partial charge in [0, 0.05) is 24.6 Å². The second-order valence-corrected chi connectivity index (χ2v) is 7.02. The summed E-state index contributed by atoms with van der Waals surface area (Å²) in [4.78, 5) is 10.9. The molecule has 0 unspecified atom stereocenters. The van der Waals surface area contributed by atoms with Crippen LogP contribution in [0.1, 0.15) is 47.2 Å². The van der Waals surface area contributed by atoms with E-state index in [9.17, 15) is 0 Å². The summed E-state index contributed by atoms with van der Waals surface area (Å²) in [5.74, 6) is 2.53. The molecule has 3 aromatic rings. The Balaban J connectivity index is 1.53. The number of hydrogen-bond acceptors (Lipinski definition) is 4. The maximum absolute atomic E-state index is 5.30. The monoisotopic (exact) mass is 324 g/mol. The lowest BCUT2D eigenvalue weighted by molar-refractivity contribution is 0.196. The summed E-state index contributed by atoms with van der Waals surface area (Å²) in [6.45, 7) is 9.21. The van der Waals surface area contributed by atoms with E-state index in [1.165, 1.54) is 24.0 Å². The highest BCUT2D eigenvalue weighted by Crippen LogP contribution is 2.28. The fourth-order valence-corrected chi connectivity index (χ4v) is 3.71. The number of aromatic amines is 1. The first-order valence-corrected chi connectivity index (χ1v) is 8.70. The summed E-state index contributed by atoms with van der Waals surface area (Å²) in [7, 11) is 0. The van der Waals surface area contributed by atoms with Gasteiger partial charge in [-0.15, -0.1) is 0 Å². The number of hydrogen-bond donors (Lipinski definition) is 1. The SMILES string of the molecule is Cc1ccc2nc([C@H]3CCCN(Cc4c(C)noc4C)C3)[nH]c2c1. The fourth-order valence-electron chi connectivity index (χ4n) is 3.71. The molecule has 1 aromatic carbocycles. The highest BCUT2D eigenvalue weighted by Gasteiger charge is 2.25. The molecule has 2 aromatic heterocycles. The number of aromatic nitrogens is 3. The third-order valence-electron chi connectivity index (χ3n) is 5.11. The molecule has 1 aliphatic rings. The van der Waals surface area contributed by atoms with Crippen LogP contribution < -0.4 is 0 Å². The number of likely N-dealkylation sites (tertiary alicyclic amines) is 1. The number of rotatable bonds is 3.